The van der Waals surface area contributed by atoms with Gasteiger partial charge in [-0.2, -0.15) is 0 Å². The maximum Gasteiger partial charge on any atom is 0.407 e. The number of amides is 1. The molecular formula is C18H30N2O3. The lowest BCUT2D eigenvalue weighted by Gasteiger charge is -2.22. The van der Waals surface area contributed by atoms with E-state index in [1.54, 1.807) is 0 Å². The van der Waals surface area contributed by atoms with Crippen molar-refractivity contribution in [3.63, 3.8) is 0 Å². The molecule has 0 bridgehead atoms. The topological polar surface area (TPSA) is 59.6 Å². The molecule has 0 aliphatic carbocycles. The molecule has 0 fully saturated rings. The molecule has 0 aliphatic heterocycles. The molecule has 1 atom stereocenters. The van der Waals surface area contributed by atoms with Gasteiger partial charge in [-0.1, -0.05) is 19.1 Å². The Morgan fingerprint density at radius 1 is 1.17 bits per heavy atom. The van der Waals surface area contributed by atoms with Crippen molar-refractivity contribution in [1.29, 1.82) is 0 Å². The summed E-state index contributed by atoms with van der Waals surface area (Å²) < 4.78 is 10.7. The molecule has 23 heavy (non-hydrogen) atoms. The van der Waals surface area contributed by atoms with Crippen molar-refractivity contribution in [3.8, 4) is 5.75 Å². The number of nitrogens with one attached hydrogen (secondary N) is 2. The van der Waals surface area contributed by atoms with Gasteiger partial charge in [-0.25, -0.2) is 4.79 Å². The molecule has 2 N–H and O–H groups in total. The van der Waals surface area contributed by atoms with E-state index in [-0.39, 0.29) is 12.1 Å². The first-order valence-corrected chi connectivity index (χ1v) is 8.26. The summed E-state index contributed by atoms with van der Waals surface area (Å²) in [6.45, 7) is 11.6. The third-order valence-corrected chi connectivity index (χ3v) is 3.21. The van der Waals surface area contributed by atoms with Crippen LogP contribution in [0, 0.1) is 0 Å². The smallest absolute Gasteiger partial charge is 0.407 e. The molecule has 5 nitrogen and oxygen atoms in total. The number of rotatable bonds is 8. The average Bonchev–Trinajstić information content (AvgIpc) is 2.47. The first-order valence-electron chi connectivity index (χ1n) is 8.26. The van der Waals surface area contributed by atoms with Crippen LogP contribution in [0.25, 0.3) is 0 Å². The molecule has 0 saturated heterocycles. The van der Waals surface area contributed by atoms with Crippen LogP contribution in [-0.4, -0.2) is 30.9 Å². The molecular weight excluding hydrogens is 292 g/mol. The highest BCUT2D eigenvalue weighted by atomic mass is 16.6. The van der Waals surface area contributed by atoms with Crippen LogP contribution in [0.4, 0.5) is 4.79 Å². The zero-order valence-electron chi connectivity index (χ0n) is 14.9. The van der Waals surface area contributed by atoms with Crippen molar-refractivity contribution < 1.29 is 14.3 Å². The van der Waals surface area contributed by atoms with E-state index in [0.717, 1.165) is 18.7 Å². The fraction of sp³-hybridized carbons (Fsp3) is 0.611. The first kappa shape index (κ1) is 19.3. The van der Waals surface area contributed by atoms with Crippen molar-refractivity contribution in [2.24, 2.45) is 0 Å². The minimum absolute atomic E-state index is 0.203. The summed E-state index contributed by atoms with van der Waals surface area (Å²) in [4.78, 5) is 11.7. The Labute approximate surface area is 139 Å². The maximum atomic E-state index is 11.7. The van der Waals surface area contributed by atoms with Crippen LogP contribution in [0.5, 0.6) is 5.75 Å². The van der Waals surface area contributed by atoms with E-state index >= 15 is 0 Å². The van der Waals surface area contributed by atoms with E-state index in [4.69, 9.17) is 9.47 Å². The van der Waals surface area contributed by atoms with E-state index in [1.165, 1.54) is 5.56 Å². The summed E-state index contributed by atoms with van der Waals surface area (Å²) in [5, 5.41) is 6.25. The number of carbonyl (C=O) groups is 1. The Morgan fingerprint density at radius 3 is 2.35 bits per heavy atom. The lowest BCUT2D eigenvalue weighted by molar-refractivity contribution is 0.0522. The number of ether oxygens (including phenoxy) is 2. The molecule has 1 aromatic carbocycles. The molecule has 0 radical (unpaired) electrons. The largest absolute Gasteiger partial charge is 0.494 e. The molecule has 0 aliphatic rings. The van der Waals surface area contributed by atoms with Gasteiger partial charge in [0, 0.05) is 19.1 Å². The molecule has 0 aromatic heterocycles. The number of hydrogen-bond acceptors (Lipinski definition) is 4. The lowest BCUT2D eigenvalue weighted by Crippen LogP contribution is -2.42. The number of alkyl carbamates (subject to hydrolysis) is 1. The Morgan fingerprint density at radius 2 is 1.83 bits per heavy atom. The molecule has 0 saturated carbocycles. The summed E-state index contributed by atoms with van der Waals surface area (Å²) in [5.74, 6) is 0.884. The number of carbonyl (C=O) groups excluding carboxylic acids is 1. The van der Waals surface area contributed by atoms with Crippen LogP contribution in [0.1, 0.15) is 46.6 Å². The van der Waals surface area contributed by atoms with Crippen LogP contribution in [0.15, 0.2) is 24.3 Å². The monoisotopic (exact) mass is 322 g/mol. The number of benzene rings is 1. The summed E-state index contributed by atoms with van der Waals surface area (Å²) in [5.41, 5.74) is 0.714. The quantitative estimate of drug-likeness (QED) is 0.769. The van der Waals surface area contributed by atoms with Crippen LogP contribution in [0.2, 0.25) is 0 Å². The van der Waals surface area contributed by atoms with Crippen molar-refractivity contribution in [1.82, 2.24) is 10.6 Å². The predicted molar refractivity (Wildman–Crippen MR) is 92.8 cm³/mol. The summed E-state index contributed by atoms with van der Waals surface area (Å²) >= 11 is 0. The minimum atomic E-state index is -0.471. The van der Waals surface area contributed by atoms with Crippen molar-refractivity contribution in [2.75, 3.05) is 13.2 Å². The highest BCUT2D eigenvalue weighted by Crippen LogP contribution is 2.12. The molecule has 1 rings (SSSR count). The van der Waals surface area contributed by atoms with E-state index < -0.39 is 5.60 Å². The van der Waals surface area contributed by atoms with Crippen LogP contribution in [0.3, 0.4) is 0 Å². The summed E-state index contributed by atoms with van der Waals surface area (Å²) in [6.07, 6.45) is 0.547. The minimum Gasteiger partial charge on any atom is -0.494 e. The molecule has 1 unspecified atom stereocenters. The van der Waals surface area contributed by atoms with Gasteiger partial charge in [0.05, 0.1) is 6.61 Å². The maximum absolute atomic E-state index is 11.7. The third kappa shape index (κ3) is 8.45. The van der Waals surface area contributed by atoms with Crippen LogP contribution < -0.4 is 15.4 Å². The van der Waals surface area contributed by atoms with Crippen LogP contribution in [-0.2, 0) is 11.3 Å². The SMILES string of the molecule is CCOc1ccc(CNC(CC)CNC(=O)OC(C)(C)C)cc1. The molecule has 0 heterocycles. The van der Waals surface area contributed by atoms with Gasteiger partial charge in [-0.05, 0) is 51.8 Å². The first-order chi connectivity index (χ1) is 10.8. The Bertz CT molecular complexity index is 466. The highest BCUT2D eigenvalue weighted by Gasteiger charge is 2.16. The molecule has 1 aromatic rings. The van der Waals surface area contributed by atoms with E-state index in [2.05, 4.69) is 17.6 Å². The van der Waals surface area contributed by atoms with Gasteiger partial charge in [0.2, 0.25) is 0 Å². The van der Waals surface area contributed by atoms with Crippen molar-refractivity contribution >= 4 is 6.09 Å². The fourth-order valence-corrected chi connectivity index (χ4v) is 2.01. The molecule has 0 spiro atoms. The van der Waals surface area contributed by atoms with Gasteiger partial charge >= 0.3 is 6.09 Å². The van der Waals surface area contributed by atoms with E-state index in [1.807, 2.05) is 52.0 Å². The Kier molecular flexibility index (Phi) is 7.89. The predicted octanol–water partition coefficient (Wildman–Crippen LogP) is 3.48. The van der Waals surface area contributed by atoms with Gasteiger partial charge in [0.1, 0.15) is 11.4 Å². The fourth-order valence-electron chi connectivity index (χ4n) is 2.01. The zero-order chi connectivity index (χ0) is 17.3. The van der Waals surface area contributed by atoms with Gasteiger partial charge in [0.25, 0.3) is 0 Å². The molecule has 5 heteroatoms. The second-order valence-electron chi connectivity index (χ2n) is 6.45. The van der Waals surface area contributed by atoms with Crippen molar-refractivity contribution in [3.05, 3.63) is 29.8 Å². The van der Waals surface area contributed by atoms with Gasteiger partial charge < -0.3 is 20.1 Å². The second kappa shape index (κ2) is 9.40. The number of hydrogen-bond donors (Lipinski definition) is 2. The second-order valence-corrected chi connectivity index (χ2v) is 6.45. The Hall–Kier alpha value is -1.75. The summed E-state index contributed by atoms with van der Waals surface area (Å²) in [7, 11) is 0. The van der Waals surface area contributed by atoms with Crippen molar-refractivity contribution in [2.45, 2.75) is 59.2 Å². The standard InChI is InChI=1S/C18H30N2O3/c1-6-15(13-20-17(21)23-18(3,4)5)19-12-14-8-10-16(11-9-14)22-7-2/h8-11,15,19H,6-7,12-13H2,1-5H3,(H,20,21). The van der Waals surface area contributed by atoms with Gasteiger partial charge in [-0.15, -0.1) is 0 Å². The zero-order valence-corrected chi connectivity index (χ0v) is 14.9. The van der Waals surface area contributed by atoms with Gasteiger partial charge in [-0.3, -0.25) is 0 Å². The van der Waals surface area contributed by atoms with Crippen LogP contribution >= 0.6 is 0 Å². The molecule has 130 valence electrons. The normalized spacial score (nSPS) is 12.6. The lowest BCUT2D eigenvalue weighted by atomic mass is 10.1. The van der Waals surface area contributed by atoms with E-state index in [9.17, 15) is 4.79 Å². The third-order valence-electron chi connectivity index (χ3n) is 3.21. The Balaban J connectivity index is 2.37. The van der Waals surface area contributed by atoms with Gasteiger partial charge in [0.15, 0.2) is 0 Å². The highest BCUT2D eigenvalue weighted by molar-refractivity contribution is 5.67. The molecule has 1 amide bonds. The average molecular weight is 322 g/mol. The summed E-state index contributed by atoms with van der Waals surface area (Å²) in [6, 6.07) is 8.24. The van der Waals surface area contributed by atoms with E-state index in [0.29, 0.717) is 13.2 Å².